The molecule has 0 aliphatic carbocycles. The van der Waals surface area contributed by atoms with Gasteiger partial charge in [-0.2, -0.15) is 0 Å². The zero-order valence-corrected chi connectivity index (χ0v) is 13.9. The number of nitrogens with one attached hydrogen (secondary N) is 1. The summed E-state index contributed by atoms with van der Waals surface area (Å²) in [6.07, 6.45) is 0. The van der Waals surface area contributed by atoms with E-state index >= 15 is 0 Å². The minimum absolute atomic E-state index is 0.100. The van der Waals surface area contributed by atoms with Gasteiger partial charge in [-0.1, -0.05) is 30.3 Å². The lowest BCUT2D eigenvalue weighted by atomic mass is 10.0. The third kappa shape index (κ3) is 4.24. The van der Waals surface area contributed by atoms with E-state index in [0.717, 1.165) is 12.1 Å². The Bertz CT molecular complexity index is 825. The SMILES string of the molecule is CC(C)(C)NS(=O)(=O)c1ccc(C(=O)c2ccccc2)cc1F. The summed E-state index contributed by atoms with van der Waals surface area (Å²) < 4.78 is 41.0. The maximum Gasteiger partial charge on any atom is 0.243 e. The molecule has 2 aromatic carbocycles. The summed E-state index contributed by atoms with van der Waals surface area (Å²) in [5.74, 6) is -1.32. The molecule has 0 unspecified atom stereocenters. The van der Waals surface area contributed by atoms with E-state index in [1.54, 1.807) is 51.1 Å². The molecule has 2 aromatic rings. The second kappa shape index (κ2) is 6.22. The largest absolute Gasteiger partial charge is 0.289 e. The van der Waals surface area contributed by atoms with Crippen molar-refractivity contribution in [1.29, 1.82) is 0 Å². The fraction of sp³-hybridized carbons (Fsp3) is 0.235. The molecule has 1 N–H and O–H groups in total. The van der Waals surface area contributed by atoms with Gasteiger partial charge in [-0.15, -0.1) is 0 Å². The van der Waals surface area contributed by atoms with E-state index in [0.29, 0.717) is 5.56 Å². The number of carbonyl (C=O) groups is 1. The van der Waals surface area contributed by atoms with Crippen molar-refractivity contribution >= 4 is 15.8 Å². The number of hydrogen-bond donors (Lipinski definition) is 1. The van der Waals surface area contributed by atoms with E-state index in [9.17, 15) is 17.6 Å². The molecular weight excluding hydrogens is 317 g/mol. The van der Waals surface area contributed by atoms with E-state index in [1.807, 2.05) is 0 Å². The van der Waals surface area contributed by atoms with E-state index in [4.69, 9.17) is 0 Å². The number of rotatable bonds is 4. The van der Waals surface area contributed by atoms with Crippen molar-refractivity contribution in [2.24, 2.45) is 0 Å². The van der Waals surface area contributed by atoms with Crippen LogP contribution in [-0.4, -0.2) is 19.7 Å². The van der Waals surface area contributed by atoms with Gasteiger partial charge in [-0.3, -0.25) is 4.79 Å². The number of sulfonamides is 1. The highest BCUT2D eigenvalue weighted by molar-refractivity contribution is 7.89. The molecule has 0 aliphatic heterocycles. The lowest BCUT2D eigenvalue weighted by Crippen LogP contribution is -2.40. The summed E-state index contributed by atoms with van der Waals surface area (Å²) in [6.45, 7) is 4.99. The van der Waals surface area contributed by atoms with E-state index in [-0.39, 0.29) is 11.3 Å². The average Bonchev–Trinajstić information content (AvgIpc) is 2.44. The van der Waals surface area contributed by atoms with Crippen LogP contribution in [0.25, 0.3) is 0 Å². The fourth-order valence-electron chi connectivity index (χ4n) is 2.07. The van der Waals surface area contributed by atoms with Crippen molar-refractivity contribution in [3.05, 3.63) is 65.5 Å². The minimum Gasteiger partial charge on any atom is -0.289 e. The second-order valence-corrected chi connectivity index (χ2v) is 7.85. The van der Waals surface area contributed by atoms with Gasteiger partial charge in [0.25, 0.3) is 0 Å². The van der Waals surface area contributed by atoms with Crippen molar-refractivity contribution in [3.8, 4) is 0 Å². The summed E-state index contributed by atoms with van der Waals surface area (Å²) in [6, 6.07) is 11.8. The van der Waals surface area contributed by atoms with Crippen LogP contribution in [0.15, 0.2) is 53.4 Å². The molecular formula is C17H18FNO3S. The molecule has 0 spiro atoms. The summed E-state index contributed by atoms with van der Waals surface area (Å²) in [7, 11) is -3.99. The third-order valence-electron chi connectivity index (χ3n) is 2.96. The van der Waals surface area contributed by atoms with Crippen molar-refractivity contribution in [3.63, 3.8) is 0 Å². The minimum atomic E-state index is -3.99. The quantitative estimate of drug-likeness (QED) is 0.873. The first-order valence-corrected chi connectivity index (χ1v) is 8.52. The molecule has 122 valence electrons. The topological polar surface area (TPSA) is 63.2 Å². The van der Waals surface area contributed by atoms with Crippen LogP contribution in [0.2, 0.25) is 0 Å². The highest BCUT2D eigenvalue weighted by Crippen LogP contribution is 2.20. The molecule has 6 heteroatoms. The van der Waals surface area contributed by atoms with Crippen LogP contribution in [0.3, 0.4) is 0 Å². The van der Waals surface area contributed by atoms with Gasteiger partial charge >= 0.3 is 0 Å². The Kier molecular flexibility index (Phi) is 4.68. The van der Waals surface area contributed by atoms with Crippen LogP contribution in [0.5, 0.6) is 0 Å². The average molecular weight is 335 g/mol. The molecule has 0 saturated heterocycles. The molecule has 23 heavy (non-hydrogen) atoms. The van der Waals surface area contributed by atoms with Gasteiger partial charge in [0, 0.05) is 16.7 Å². The lowest BCUT2D eigenvalue weighted by molar-refractivity contribution is 0.103. The summed E-state index contributed by atoms with van der Waals surface area (Å²) in [5, 5.41) is 0. The zero-order valence-electron chi connectivity index (χ0n) is 13.1. The van der Waals surface area contributed by atoms with E-state index in [2.05, 4.69) is 4.72 Å². The normalized spacial score (nSPS) is 12.2. The van der Waals surface area contributed by atoms with Gasteiger partial charge in [0.2, 0.25) is 10.0 Å². The Morgan fingerprint density at radius 2 is 1.61 bits per heavy atom. The second-order valence-electron chi connectivity index (χ2n) is 6.20. The van der Waals surface area contributed by atoms with E-state index in [1.165, 1.54) is 6.07 Å². The maximum atomic E-state index is 14.2. The molecule has 0 heterocycles. The maximum absolute atomic E-state index is 14.2. The summed E-state index contributed by atoms with van der Waals surface area (Å²) >= 11 is 0. The lowest BCUT2D eigenvalue weighted by Gasteiger charge is -2.20. The van der Waals surface area contributed by atoms with Crippen molar-refractivity contribution in [1.82, 2.24) is 4.72 Å². The highest BCUT2D eigenvalue weighted by atomic mass is 32.2. The monoisotopic (exact) mass is 335 g/mol. The molecule has 0 amide bonds. The van der Waals surface area contributed by atoms with Gasteiger partial charge < -0.3 is 0 Å². The molecule has 0 atom stereocenters. The molecule has 4 nitrogen and oxygen atoms in total. The predicted molar refractivity (Wildman–Crippen MR) is 86.3 cm³/mol. The highest BCUT2D eigenvalue weighted by Gasteiger charge is 2.25. The molecule has 0 aliphatic rings. The van der Waals surface area contributed by atoms with Crippen LogP contribution < -0.4 is 4.72 Å². The molecule has 0 aromatic heterocycles. The third-order valence-corrected chi connectivity index (χ3v) is 4.75. The number of hydrogen-bond acceptors (Lipinski definition) is 3. The molecule has 0 radical (unpaired) electrons. The Morgan fingerprint density at radius 3 is 2.13 bits per heavy atom. The number of carbonyl (C=O) groups excluding carboxylic acids is 1. The Hall–Kier alpha value is -2.05. The zero-order chi connectivity index (χ0) is 17.3. The summed E-state index contributed by atoms with van der Waals surface area (Å²) in [4.78, 5) is 11.8. The first kappa shape index (κ1) is 17.3. The standard InChI is InChI=1S/C17H18FNO3S/c1-17(2,3)19-23(21,22)15-10-9-13(11-14(15)18)16(20)12-7-5-4-6-8-12/h4-11,19H,1-3H3. The number of halogens is 1. The molecule has 2 rings (SSSR count). The van der Waals surface area contributed by atoms with Crippen LogP contribution in [0, 0.1) is 5.82 Å². The first-order valence-electron chi connectivity index (χ1n) is 7.03. The fourth-order valence-corrected chi connectivity index (χ4v) is 3.55. The van der Waals surface area contributed by atoms with Gasteiger partial charge in [0.05, 0.1) is 0 Å². The number of benzene rings is 2. The van der Waals surface area contributed by atoms with Gasteiger partial charge in [-0.05, 0) is 39.0 Å². The van der Waals surface area contributed by atoms with Crippen molar-refractivity contribution in [2.75, 3.05) is 0 Å². The van der Waals surface area contributed by atoms with Crippen LogP contribution in [-0.2, 0) is 10.0 Å². The Labute approximate surface area is 135 Å². The van der Waals surface area contributed by atoms with E-state index < -0.39 is 26.3 Å². The van der Waals surface area contributed by atoms with Gasteiger partial charge in [0.15, 0.2) is 5.78 Å². The molecule has 0 saturated carbocycles. The molecule has 0 bridgehead atoms. The van der Waals surface area contributed by atoms with Crippen molar-refractivity contribution < 1.29 is 17.6 Å². The summed E-state index contributed by atoms with van der Waals surface area (Å²) in [5.41, 5.74) is -0.220. The first-order chi connectivity index (χ1) is 10.6. The van der Waals surface area contributed by atoms with Crippen LogP contribution >= 0.6 is 0 Å². The van der Waals surface area contributed by atoms with Gasteiger partial charge in [0.1, 0.15) is 10.7 Å². The molecule has 0 fully saturated rings. The number of ketones is 1. The van der Waals surface area contributed by atoms with Crippen LogP contribution in [0.4, 0.5) is 4.39 Å². The smallest absolute Gasteiger partial charge is 0.243 e. The van der Waals surface area contributed by atoms with Crippen LogP contribution in [0.1, 0.15) is 36.7 Å². The van der Waals surface area contributed by atoms with Crippen molar-refractivity contribution in [2.45, 2.75) is 31.2 Å². The van der Waals surface area contributed by atoms with Gasteiger partial charge in [-0.25, -0.2) is 17.5 Å². The predicted octanol–water partition coefficient (Wildman–Crippen LogP) is 3.13. The Morgan fingerprint density at radius 1 is 1.00 bits per heavy atom. The Balaban J connectivity index is 2.37.